The van der Waals surface area contributed by atoms with Crippen LogP contribution in [0, 0.1) is 0 Å². The molecule has 0 saturated carbocycles. The Morgan fingerprint density at radius 3 is 2.68 bits per heavy atom. The lowest BCUT2D eigenvalue weighted by atomic mass is 10.1. The number of hydrogen-bond donors (Lipinski definition) is 1. The van der Waals surface area contributed by atoms with E-state index in [2.05, 4.69) is 10.3 Å². The molecule has 0 bridgehead atoms. The highest BCUT2D eigenvalue weighted by atomic mass is 32.2. The van der Waals surface area contributed by atoms with Crippen LogP contribution in [0.3, 0.4) is 0 Å². The Labute approximate surface area is 152 Å². The number of aromatic nitrogens is 2. The fourth-order valence-electron chi connectivity index (χ4n) is 2.66. The summed E-state index contributed by atoms with van der Waals surface area (Å²) < 4.78 is 27.6. The normalized spacial score (nSPS) is 11.6. The monoisotopic (exact) mass is 373 g/mol. The Bertz CT molecular complexity index is 967. The zero-order valence-electron chi connectivity index (χ0n) is 14.0. The Morgan fingerprint density at radius 2 is 2.00 bits per heavy atom. The number of rotatable bonds is 6. The third-order valence-electron chi connectivity index (χ3n) is 3.80. The summed E-state index contributed by atoms with van der Waals surface area (Å²) in [4.78, 5) is 5.14. The van der Waals surface area contributed by atoms with Crippen molar-refractivity contribution in [1.82, 2.24) is 14.3 Å². The molecular formula is C18H19N3O2S2. The molecule has 0 fully saturated rings. The van der Waals surface area contributed by atoms with E-state index in [1.54, 1.807) is 36.3 Å². The van der Waals surface area contributed by atoms with Gasteiger partial charge in [0.2, 0.25) is 0 Å². The second-order valence-electron chi connectivity index (χ2n) is 5.45. The zero-order chi connectivity index (χ0) is 17.9. The van der Waals surface area contributed by atoms with Crippen LogP contribution in [0.15, 0.2) is 70.8 Å². The van der Waals surface area contributed by atoms with Crippen LogP contribution in [0.4, 0.5) is 0 Å². The quantitative estimate of drug-likeness (QED) is 0.672. The molecule has 0 atom stereocenters. The first kappa shape index (κ1) is 17.7. The Balaban J connectivity index is 2.23. The van der Waals surface area contributed by atoms with Gasteiger partial charge in [0.25, 0.3) is 10.0 Å². The lowest BCUT2D eigenvalue weighted by molar-refractivity contribution is 0.587. The van der Waals surface area contributed by atoms with E-state index in [0.717, 1.165) is 16.0 Å². The van der Waals surface area contributed by atoms with E-state index in [4.69, 9.17) is 0 Å². The number of pyridine rings is 1. The van der Waals surface area contributed by atoms with Crippen LogP contribution in [-0.2, 0) is 16.6 Å². The number of benzene rings is 1. The molecule has 2 heterocycles. The summed E-state index contributed by atoms with van der Waals surface area (Å²) in [5.74, 6) is 0. The van der Waals surface area contributed by atoms with Crippen molar-refractivity contribution < 1.29 is 8.42 Å². The average molecular weight is 374 g/mol. The van der Waals surface area contributed by atoms with Crippen molar-refractivity contribution in [2.24, 2.45) is 0 Å². The highest BCUT2D eigenvalue weighted by Gasteiger charge is 2.23. The predicted molar refractivity (Wildman–Crippen MR) is 101 cm³/mol. The van der Waals surface area contributed by atoms with Crippen LogP contribution in [0.5, 0.6) is 0 Å². The highest BCUT2D eigenvalue weighted by Crippen LogP contribution is 2.33. The summed E-state index contributed by atoms with van der Waals surface area (Å²) in [6, 6.07) is 12.9. The number of hydrogen-bond acceptors (Lipinski definition) is 5. The summed E-state index contributed by atoms with van der Waals surface area (Å²) in [6.07, 6.45) is 6.59. The second-order valence-corrected chi connectivity index (χ2v) is 8.12. The number of nitrogens with zero attached hydrogens (tertiary/aromatic N) is 2. The van der Waals surface area contributed by atoms with Crippen LogP contribution in [-0.4, -0.2) is 30.7 Å². The molecule has 0 aliphatic heterocycles. The molecule has 2 aromatic heterocycles. The maximum absolute atomic E-state index is 13.1. The third kappa shape index (κ3) is 3.49. The van der Waals surface area contributed by atoms with Gasteiger partial charge in [-0.05, 0) is 43.1 Å². The van der Waals surface area contributed by atoms with Crippen LogP contribution in [0.25, 0.3) is 11.3 Å². The predicted octanol–water partition coefficient (Wildman–Crippen LogP) is 3.23. The summed E-state index contributed by atoms with van der Waals surface area (Å²) in [5, 5.41) is 3.07. The van der Waals surface area contributed by atoms with E-state index >= 15 is 0 Å². The molecule has 5 nitrogen and oxygen atoms in total. The van der Waals surface area contributed by atoms with Gasteiger partial charge < -0.3 is 5.32 Å². The van der Waals surface area contributed by atoms with E-state index in [1.165, 1.54) is 10.2 Å². The Hall–Kier alpha value is -2.09. The van der Waals surface area contributed by atoms with Crippen molar-refractivity contribution in [2.45, 2.75) is 16.3 Å². The maximum atomic E-state index is 13.1. The van der Waals surface area contributed by atoms with Crippen molar-refractivity contribution in [3.05, 3.63) is 66.6 Å². The van der Waals surface area contributed by atoms with Crippen molar-refractivity contribution in [3.63, 3.8) is 0 Å². The van der Waals surface area contributed by atoms with Crippen LogP contribution in [0.1, 0.15) is 5.56 Å². The van der Waals surface area contributed by atoms with E-state index in [9.17, 15) is 8.42 Å². The first-order valence-electron chi connectivity index (χ1n) is 7.73. The summed E-state index contributed by atoms with van der Waals surface area (Å²) in [5.41, 5.74) is 2.45. The highest BCUT2D eigenvalue weighted by molar-refractivity contribution is 7.98. The average Bonchev–Trinajstić information content (AvgIpc) is 3.07. The van der Waals surface area contributed by atoms with E-state index in [-0.39, 0.29) is 4.90 Å². The fourth-order valence-corrected chi connectivity index (χ4v) is 4.63. The molecule has 1 N–H and O–H groups in total. The molecular weight excluding hydrogens is 354 g/mol. The molecule has 3 aromatic rings. The van der Waals surface area contributed by atoms with Gasteiger partial charge in [0.05, 0.1) is 5.69 Å². The van der Waals surface area contributed by atoms with Crippen molar-refractivity contribution >= 4 is 21.8 Å². The Kier molecular flexibility index (Phi) is 5.27. The van der Waals surface area contributed by atoms with Gasteiger partial charge in [0.15, 0.2) is 0 Å². The third-order valence-corrected chi connectivity index (χ3v) is 6.25. The number of thioether (sulfide) groups is 1. The molecule has 1 aromatic carbocycles. The molecule has 0 saturated heterocycles. The minimum atomic E-state index is -3.72. The van der Waals surface area contributed by atoms with Gasteiger partial charge in [-0.2, -0.15) is 0 Å². The molecule has 0 amide bonds. The lowest BCUT2D eigenvalue weighted by Crippen LogP contribution is -2.14. The van der Waals surface area contributed by atoms with Gasteiger partial charge in [0, 0.05) is 35.6 Å². The summed E-state index contributed by atoms with van der Waals surface area (Å²) in [6.45, 7) is 0.587. The minimum absolute atomic E-state index is 0.171. The van der Waals surface area contributed by atoms with Crippen LogP contribution < -0.4 is 5.32 Å². The fraction of sp³-hybridized carbons (Fsp3) is 0.167. The van der Waals surface area contributed by atoms with Crippen molar-refractivity contribution in [2.75, 3.05) is 13.3 Å². The molecule has 0 aliphatic carbocycles. The summed E-state index contributed by atoms with van der Waals surface area (Å²) in [7, 11) is -1.89. The largest absolute Gasteiger partial charge is 0.316 e. The van der Waals surface area contributed by atoms with Gasteiger partial charge in [-0.25, -0.2) is 12.4 Å². The van der Waals surface area contributed by atoms with Crippen molar-refractivity contribution in [3.8, 4) is 11.3 Å². The SMILES string of the molecule is CNCc1cc(-c2ccccc2SC)n(S(=O)(=O)c2cccnc2)c1. The van der Waals surface area contributed by atoms with Gasteiger partial charge in [-0.15, -0.1) is 11.8 Å². The smallest absolute Gasteiger partial charge is 0.269 e. The first-order chi connectivity index (χ1) is 12.1. The molecule has 25 heavy (non-hydrogen) atoms. The van der Waals surface area contributed by atoms with Gasteiger partial charge >= 0.3 is 0 Å². The molecule has 0 unspecified atom stereocenters. The molecule has 0 spiro atoms. The molecule has 0 radical (unpaired) electrons. The lowest BCUT2D eigenvalue weighted by Gasteiger charge is -2.12. The maximum Gasteiger partial charge on any atom is 0.269 e. The summed E-state index contributed by atoms with van der Waals surface area (Å²) >= 11 is 1.59. The first-order valence-corrected chi connectivity index (χ1v) is 10.4. The van der Waals surface area contributed by atoms with Crippen molar-refractivity contribution in [1.29, 1.82) is 0 Å². The Morgan fingerprint density at radius 1 is 1.20 bits per heavy atom. The standard InChI is InChI=1S/C18H19N3O2S2/c1-19-11-14-10-17(16-7-3-4-8-18(16)24-2)21(13-14)25(22,23)15-6-5-9-20-12-15/h3-10,12-13,19H,11H2,1-2H3. The molecule has 130 valence electrons. The molecule has 3 rings (SSSR count). The second kappa shape index (κ2) is 7.43. The van der Waals surface area contributed by atoms with E-state index < -0.39 is 10.0 Å². The molecule has 0 aliphatic rings. The molecule has 7 heteroatoms. The van der Waals surface area contributed by atoms with Gasteiger partial charge in [-0.3, -0.25) is 4.98 Å². The topological polar surface area (TPSA) is 64.0 Å². The van der Waals surface area contributed by atoms with E-state index in [1.807, 2.05) is 43.6 Å². The number of nitrogens with one attached hydrogen (secondary N) is 1. The van der Waals surface area contributed by atoms with E-state index in [0.29, 0.717) is 12.2 Å². The zero-order valence-corrected chi connectivity index (χ0v) is 15.6. The van der Waals surface area contributed by atoms with Crippen LogP contribution in [0.2, 0.25) is 0 Å². The van der Waals surface area contributed by atoms with Crippen LogP contribution >= 0.6 is 11.8 Å². The van der Waals surface area contributed by atoms with Gasteiger partial charge in [0.1, 0.15) is 4.90 Å². The minimum Gasteiger partial charge on any atom is -0.316 e. The van der Waals surface area contributed by atoms with Gasteiger partial charge in [-0.1, -0.05) is 18.2 Å².